The Morgan fingerprint density at radius 1 is 1.33 bits per heavy atom. The molecule has 0 aliphatic rings. The van der Waals surface area contributed by atoms with Crippen LogP contribution in [-0.2, 0) is 11.3 Å². The highest BCUT2D eigenvalue weighted by Gasteiger charge is 2.06. The van der Waals surface area contributed by atoms with E-state index in [9.17, 15) is 0 Å². The number of nitrogens with one attached hydrogen (secondary N) is 2. The summed E-state index contributed by atoms with van der Waals surface area (Å²) in [5.41, 5.74) is 2.14. The van der Waals surface area contributed by atoms with E-state index in [1.165, 1.54) is 0 Å². The molecule has 0 saturated heterocycles. The Morgan fingerprint density at radius 2 is 2.08 bits per heavy atom. The molecular weight excluding hydrogens is 435 g/mol. The number of methoxy groups -OCH3 is 1. The van der Waals surface area contributed by atoms with Gasteiger partial charge in [0, 0.05) is 30.6 Å². The maximum atomic E-state index is 5.14. The molecule has 7 heteroatoms. The fourth-order valence-corrected chi connectivity index (χ4v) is 2.84. The Bertz CT molecular complexity index is 618. The second kappa shape index (κ2) is 11.4. The van der Waals surface area contributed by atoms with Crippen LogP contribution < -0.4 is 10.6 Å². The quantitative estimate of drug-likeness (QED) is 0.377. The maximum Gasteiger partial charge on any atom is 0.191 e. The molecule has 1 atom stereocenters. The molecule has 0 aliphatic carbocycles. The fraction of sp³-hybridized carbons (Fsp3) is 0.412. The molecular formula is C17H25IN4OS. The molecule has 0 fully saturated rings. The summed E-state index contributed by atoms with van der Waals surface area (Å²) in [6.45, 7) is 6.13. The Labute approximate surface area is 165 Å². The van der Waals surface area contributed by atoms with Crippen molar-refractivity contribution in [2.75, 3.05) is 20.3 Å². The lowest BCUT2D eigenvalue weighted by Crippen LogP contribution is -2.43. The Balaban J connectivity index is 0.00000288. The molecule has 1 aromatic carbocycles. The number of aromatic nitrogens is 1. The summed E-state index contributed by atoms with van der Waals surface area (Å²) >= 11 is 1.64. The number of rotatable bonds is 7. The minimum Gasteiger partial charge on any atom is -0.383 e. The lowest BCUT2D eigenvalue weighted by molar-refractivity contribution is 0.179. The average molecular weight is 460 g/mol. The van der Waals surface area contributed by atoms with Crippen LogP contribution in [0.5, 0.6) is 0 Å². The summed E-state index contributed by atoms with van der Waals surface area (Å²) in [5, 5.41) is 9.64. The van der Waals surface area contributed by atoms with Gasteiger partial charge in [-0.2, -0.15) is 0 Å². The molecule has 0 radical (unpaired) electrons. The third-order valence-electron chi connectivity index (χ3n) is 3.14. The highest BCUT2D eigenvalue weighted by Crippen LogP contribution is 2.21. The van der Waals surface area contributed by atoms with E-state index in [0.717, 1.165) is 28.8 Å². The van der Waals surface area contributed by atoms with E-state index >= 15 is 0 Å². The molecule has 1 unspecified atom stereocenters. The van der Waals surface area contributed by atoms with Gasteiger partial charge in [0.05, 0.1) is 18.8 Å². The molecule has 2 aromatic rings. The van der Waals surface area contributed by atoms with Crippen molar-refractivity contribution in [1.29, 1.82) is 0 Å². The van der Waals surface area contributed by atoms with Gasteiger partial charge in [0.2, 0.25) is 0 Å². The molecule has 0 amide bonds. The van der Waals surface area contributed by atoms with Crippen molar-refractivity contribution < 1.29 is 4.74 Å². The van der Waals surface area contributed by atoms with E-state index < -0.39 is 0 Å². The number of hydrogen-bond donors (Lipinski definition) is 2. The topological polar surface area (TPSA) is 58.5 Å². The largest absolute Gasteiger partial charge is 0.383 e. The third kappa shape index (κ3) is 6.74. The van der Waals surface area contributed by atoms with Crippen molar-refractivity contribution in [1.82, 2.24) is 15.6 Å². The number of halogens is 1. The highest BCUT2D eigenvalue weighted by molar-refractivity contribution is 14.0. The van der Waals surface area contributed by atoms with Crippen LogP contribution in [-0.4, -0.2) is 37.2 Å². The van der Waals surface area contributed by atoms with Crippen molar-refractivity contribution in [3.05, 3.63) is 40.7 Å². The summed E-state index contributed by atoms with van der Waals surface area (Å²) in [7, 11) is 1.70. The molecule has 5 nitrogen and oxygen atoms in total. The second-order valence-corrected chi connectivity index (χ2v) is 6.13. The van der Waals surface area contributed by atoms with Gasteiger partial charge in [-0.25, -0.2) is 9.98 Å². The number of benzene rings is 1. The van der Waals surface area contributed by atoms with Gasteiger partial charge in [0.25, 0.3) is 0 Å². The van der Waals surface area contributed by atoms with Gasteiger partial charge >= 0.3 is 0 Å². The molecule has 24 heavy (non-hydrogen) atoms. The lowest BCUT2D eigenvalue weighted by Gasteiger charge is -2.16. The van der Waals surface area contributed by atoms with Crippen LogP contribution in [0.25, 0.3) is 11.3 Å². The van der Waals surface area contributed by atoms with Crippen molar-refractivity contribution in [2.24, 2.45) is 4.99 Å². The Morgan fingerprint density at radius 3 is 2.75 bits per heavy atom. The number of thiazole rings is 1. The van der Waals surface area contributed by atoms with Gasteiger partial charge in [-0.05, 0) is 13.8 Å². The number of nitrogens with zero attached hydrogens (tertiary/aromatic N) is 2. The van der Waals surface area contributed by atoms with Crippen molar-refractivity contribution in [3.8, 4) is 11.3 Å². The Kier molecular flexibility index (Phi) is 9.89. The van der Waals surface area contributed by atoms with Gasteiger partial charge < -0.3 is 15.4 Å². The number of ether oxygens (including phenoxy) is 1. The smallest absolute Gasteiger partial charge is 0.191 e. The lowest BCUT2D eigenvalue weighted by atomic mass is 10.2. The van der Waals surface area contributed by atoms with E-state index in [4.69, 9.17) is 4.74 Å². The number of hydrogen-bond acceptors (Lipinski definition) is 4. The normalized spacial score (nSPS) is 12.4. The number of guanidine groups is 1. The zero-order valence-electron chi connectivity index (χ0n) is 14.3. The second-order valence-electron chi connectivity index (χ2n) is 5.19. The van der Waals surface area contributed by atoms with E-state index in [1.807, 2.05) is 18.2 Å². The summed E-state index contributed by atoms with van der Waals surface area (Å²) in [6, 6.07) is 10.4. The fourth-order valence-electron chi connectivity index (χ4n) is 2.12. The monoisotopic (exact) mass is 460 g/mol. The summed E-state index contributed by atoms with van der Waals surface area (Å²) in [4.78, 5) is 9.26. The zero-order valence-corrected chi connectivity index (χ0v) is 17.4. The van der Waals surface area contributed by atoms with Gasteiger partial charge in [-0.15, -0.1) is 35.3 Å². The van der Waals surface area contributed by atoms with Crippen LogP contribution in [0.1, 0.15) is 18.9 Å². The van der Waals surface area contributed by atoms with Crippen LogP contribution in [0.4, 0.5) is 0 Å². The standard InChI is InChI=1S/C17H24N4OS.HI/c1-4-18-17(20-13(2)11-22-3)19-10-16-21-15(12-23-16)14-8-6-5-7-9-14;/h5-9,12-13H,4,10-11H2,1-3H3,(H2,18,19,20);1H. The molecule has 0 saturated carbocycles. The summed E-state index contributed by atoms with van der Waals surface area (Å²) in [6.07, 6.45) is 0. The molecule has 0 aliphatic heterocycles. The predicted molar refractivity (Wildman–Crippen MR) is 112 cm³/mol. The molecule has 2 N–H and O–H groups in total. The molecule has 1 heterocycles. The molecule has 0 spiro atoms. The Hall–Kier alpha value is -1.19. The van der Waals surface area contributed by atoms with Gasteiger partial charge in [0.1, 0.15) is 5.01 Å². The molecule has 1 aromatic heterocycles. The maximum absolute atomic E-state index is 5.14. The first-order valence-electron chi connectivity index (χ1n) is 7.76. The minimum absolute atomic E-state index is 0. The first-order valence-corrected chi connectivity index (χ1v) is 8.64. The van der Waals surface area contributed by atoms with Crippen LogP contribution in [0.2, 0.25) is 0 Å². The molecule has 0 bridgehead atoms. The first-order chi connectivity index (χ1) is 11.2. The van der Waals surface area contributed by atoms with Crippen molar-refractivity contribution in [2.45, 2.75) is 26.4 Å². The van der Waals surface area contributed by atoms with Gasteiger partial charge in [0.15, 0.2) is 5.96 Å². The van der Waals surface area contributed by atoms with Crippen LogP contribution >= 0.6 is 35.3 Å². The van der Waals surface area contributed by atoms with Crippen molar-refractivity contribution in [3.63, 3.8) is 0 Å². The SMILES string of the molecule is CCNC(=NCc1nc(-c2ccccc2)cs1)NC(C)COC.I. The zero-order chi connectivity index (χ0) is 16.5. The van der Waals surface area contributed by atoms with E-state index in [-0.39, 0.29) is 30.0 Å². The van der Waals surface area contributed by atoms with Gasteiger partial charge in [-0.1, -0.05) is 30.3 Å². The van der Waals surface area contributed by atoms with Crippen LogP contribution in [0.3, 0.4) is 0 Å². The van der Waals surface area contributed by atoms with Crippen LogP contribution in [0.15, 0.2) is 40.7 Å². The molecule has 2 rings (SSSR count). The summed E-state index contributed by atoms with van der Waals surface area (Å²) < 4.78 is 5.14. The number of aliphatic imine (C=N–C) groups is 1. The average Bonchev–Trinajstić information content (AvgIpc) is 3.03. The predicted octanol–water partition coefficient (Wildman–Crippen LogP) is 3.52. The van der Waals surface area contributed by atoms with E-state index in [2.05, 4.69) is 52.0 Å². The van der Waals surface area contributed by atoms with Crippen molar-refractivity contribution >= 4 is 41.3 Å². The minimum atomic E-state index is 0. The van der Waals surface area contributed by atoms with Gasteiger partial charge in [-0.3, -0.25) is 0 Å². The highest BCUT2D eigenvalue weighted by atomic mass is 127. The van der Waals surface area contributed by atoms with E-state index in [1.54, 1.807) is 18.4 Å². The third-order valence-corrected chi connectivity index (χ3v) is 3.97. The van der Waals surface area contributed by atoms with Crippen LogP contribution in [0, 0.1) is 0 Å². The first kappa shape index (κ1) is 20.9. The summed E-state index contributed by atoms with van der Waals surface area (Å²) in [5.74, 6) is 0.786. The van der Waals surface area contributed by atoms with E-state index in [0.29, 0.717) is 13.2 Å². The molecule has 132 valence electrons.